The molecule has 28 heavy (non-hydrogen) atoms. The van der Waals surface area contributed by atoms with E-state index in [1.165, 1.54) is 0 Å². The van der Waals surface area contributed by atoms with E-state index in [0.717, 1.165) is 32.6 Å². The summed E-state index contributed by atoms with van der Waals surface area (Å²) in [6.07, 6.45) is 0. The van der Waals surface area contributed by atoms with Gasteiger partial charge in [0.2, 0.25) is 0 Å². The van der Waals surface area contributed by atoms with Gasteiger partial charge >= 0.3 is 0 Å². The standard InChI is InChI=1S/C21H23N3O3S/c1-24(13-20(25)22-16-5-4-6-19(11-16)27-3)12-17-14-28-21(23-17)15-7-9-18(26-2)10-8-15/h4-11,14H,12-13H2,1-3H3,(H,22,25)/p+1. The van der Waals surface area contributed by atoms with E-state index in [1.807, 2.05) is 54.9 Å². The Labute approximate surface area is 168 Å². The molecule has 1 unspecified atom stereocenters. The van der Waals surface area contributed by atoms with Crippen LogP contribution in [-0.4, -0.2) is 38.7 Å². The van der Waals surface area contributed by atoms with Crippen molar-refractivity contribution in [3.05, 3.63) is 59.6 Å². The van der Waals surface area contributed by atoms with Crippen LogP contribution in [0, 0.1) is 0 Å². The maximum absolute atomic E-state index is 12.3. The molecule has 0 bridgehead atoms. The predicted octanol–water partition coefficient (Wildman–Crippen LogP) is 2.48. The Bertz CT molecular complexity index is 925. The van der Waals surface area contributed by atoms with Crippen molar-refractivity contribution in [3.8, 4) is 22.1 Å². The van der Waals surface area contributed by atoms with Gasteiger partial charge in [-0.05, 0) is 36.4 Å². The zero-order valence-corrected chi connectivity index (χ0v) is 17.0. The highest BCUT2D eigenvalue weighted by Gasteiger charge is 2.14. The molecule has 2 N–H and O–H groups in total. The zero-order chi connectivity index (χ0) is 19.9. The number of aromatic nitrogens is 1. The van der Waals surface area contributed by atoms with Gasteiger partial charge in [0.1, 0.15) is 28.7 Å². The summed E-state index contributed by atoms with van der Waals surface area (Å²) in [4.78, 5) is 18.1. The van der Waals surface area contributed by atoms with Crippen LogP contribution in [0.15, 0.2) is 53.9 Å². The van der Waals surface area contributed by atoms with Crippen molar-refractivity contribution < 1.29 is 19.2 Å². The third kappa shape index (κ3) is 5.31. The van der Waals surface area contributed by atoms with Gasteiger partial charge in [-0.1, -0.05) is 6.07 Å². The highest BCUT2D eigenvalue weighted by Crippen LogP contribution is 2.25. The van der Waals surface area contributed by atoms with Gasteiger partial charge in [0.15, 0.2) is 6.54 Å². The Kier molecular flexibility index (Phi) is 6.62. The monoisotopic (exact) mass is 398 g/mol. The maximum atomic E-state index is 12.3. The van der Waals surface area contributed by atoms with Gasteiger partial charge in [0, 0.05) is 22.7 Å². The van der Waals surface area contributed by atoms with E-state index < -0.39 is 0 Å². The van der Waals surface area contributed by atoms with Crippen molar-refractivity contribution in [2.45, 2.75) is 6.54 Å². The van der Waals surface area contributed by atoms with Crippen molar-refractivity contribution in [2.75, 3.05) is 33.1 Å². The van der Waals surface area contributed by atoms with Crippen LogP contribution in [0.5, 0.6) is 11.5 Å². The lowest BCUT2D eigenvalue weighted by Crippen LogP contribution is -3.08. The molecule has 0 aliphatic rings. The number of nitrogens with zero attached hydrogens (tertiary/aromatic N) is 1. The predicted molar refractivity (Wildman–Crippen MR) is 111 cm³/mol. The minimum absolute atomic E-state index is 0.0450. The van der Waals surface area contributed by atoms with Gasteiger partial charge in [-0.3, -0.25) is 4.79 Å². The van der Waals surface area contributed by atoms with E-state index >= 15 is 0 Å². The molecule has 146 valence electrons. The Morgan fingerprint density at radius 3 is 2.57 bits per heavy atom. The molecular weight excluding hydrogens is 374 g/mol. The van der Waals surface area contributed by atoms with Gasteiger partial charge in [-0.15, -0.1) is 11.3 Å². The fourth-order valence-electron chi connectivity index (χ4n) is 2.81. The normalized spacial score (nSPS) is 11.7. The summed E-state index contributed by atoms with van der Waals surface area (Å²) in [5, 5.41) is 5.91. The fourth-order valence-corrected chi connectivity index (χ4v) is 3.63. The van der Waals surface area contributed by atoms with Crippen molar-refractivity contribution in [1.82, 2.24) is 4.98 Å². The molecule has 0 saturated carbocycles. The van der Waals surface area contributed by atoms with E-state index in [4.69, 9.17) is 14.5 Å². The van der Waals surface area contributed by atoms with Crippen LogP contribution >= 0.6 is 11.3 Å². The van der Waals surface area contributed by atoms with E-state index in [-0.39, 0.29) is 5.91 Å². The molecule has 0 fully saturated rings. The Hall–Kier alpha value is -2.90. The highest BCUT2D eigenvalue weighted by molar-refractivity contribution is 7.13. The van der Waals surface area contributed by atoms with Crippen LogP contribution in [0.4, 0.5) is 5.69 Å². The number of carbonyl (C=O) groups is 1. The maximum Gasteiger partial charge on any atom is 0.279 e. The number of rotatable bonds is 8. The smallest absolute Gasteiger partial charge is 0.279 e. The molecule has 1 heterocycles. The molecule has 1 aromatic heterocycles. The first-order chi connectivity index (χ1) is 13.6. The molecular formula is C21H24N3O3S+. The number of anilines is 1. The van der Waals surface area contributed by atoms with E-state index in [9.17, 15) is 4.79 Å². The Morgan fingerprint density at radius 2 is 1.86 bits per heavy atom. The number of quaternary nitrogens is 1. The summed E-state index contributed by atoms with van der Waals surface area (Å²) in [5.41, 5.74) is 2.76. The second-order valence-corrected chi connectivity index (χ2v) is 7.32. The van der Waals surface area contributed by atoms with Crippen LogP contribution < -0.4 is 19.7 Å². The van der Waals surface area contributed by atoms with Gasteiger partial charge < -0.3 is 19.7 Å². The van der Waals surface area contributed by atoms with E-state index in [2.05, 4.69) is 5.32 Å². The first kappa shape index (κ1) is 19.9. The third-order valence-electron chi connectivity index (χ3n) is 4.19. The summed E-state index contributed by atoms with van der Waals surface area (Å²) >= 11 is 1.60. The molecule has 0 radical (unpaired) electrons. The molecule has 1 atom stereocenters. The van der Waals surface area contributed by atoms with Gasteiger partial charge in [-0.2, -0.15) is 0 Å². The average Bonchev–Trinajstić information content (AvgIpc) is 3.16. The fraction of sp³-hybridized carbons (Fsp3) is 0.238. The number of likely N-dealkylation sites (N-methyl/N-ethyl adjacent to an activating group) is 1. The van der Waals surface area contributed by atoms with Crippen molar-refractivity contribution in [2.24, 2.45) is 0 Å². The number of nitrogens with one attached hydrogen (secondary N) is 2. The van der Waals surface area contributed by atoms with Crippen LogP contribution in [-0.2, 0) is 11.3 Å². The minimum Gasteiger partial charge on any atom is -0.497 e. The summed E-state index contributed by atoms with van der Waals surface area (Å²) in [6.45, 7) is 1.03. The Balaban J connectivity index is 1.55. The van der Waals surface area contributed by atoms with Crippen LogP contribution in [0.3, 0.4) is 0 Å². The molecule has 7 heteroatoms. The van der Waals surface area contributed by atoms with Gasteiger partial charge in [0.05, 0.1) is 21.3 Å². The first-order valence-corrected chi connectivity index (χ1v) is 9.79. The van der Waals surface area contributed by atoms with Crippen LogP contribution in [0.1, 0.15) is 5.69 Å². The van der Waals surface area contributed by atoms with Crippen molar-refractivity contribution in [1.29, 1.82) is 0 Å². The number of ether oxygens (including phenoxy) is 2. The molecule has 0 spiro atoms. The molecule has 0 aliphatic carbocycles. The van der Waals surface area contributed by atoms with Gasteiger partial charge in [-0.25, -0.2) is 4.98 Å². The first-order valence-electron chi connectivity index (χ1n) is 8.91. The van der Waals surface area contributed by atoms with Crippen LogP contribution in [0.2, 0.25) is 0 Å². The summed E-state index contributed by atoms with van der Waals surface area (Å²) in [6, 6.07) is 15.2. The van der Waals surface area contributed by atoms with E-state index in [1.54, 1.807) is 31.6 Å². The lowest BCUT2D eigenvalue weighted by Gasteiger charge is -2.13. The van der Waals surface area contributed by atoms with Gasteiger partial charge in [0.25, 0.3) is 5.91 Å². The second kappa shape index (κ2) is 9.34. The number of hydrogen-bond acceptors (Lipinski definition) is 5. The highest BCUT2D eigenvalue weighted by atomic mass is 32.1. The summed E-state index contributed by atoms with van der Waals surface area (Å²) < 4.78 is 10.4. The molecule has 1 amide bonds. The SMILES string of the molecule is COc1ccc(-c2nc(C[NH+](C)CC(=O)Nc3cccc(OC)c3)cs2)cc1. The lowest BCUT2D eigenvalue weighted by atomic mass is 10.2. The largest absolute Gasteiger partial charge is 0.497 e. The zero-order valence-electron chi connectivity index (χ0n) is 16.2. The molecule has 0 saturated heterocycles. The number of amides is 1. The number of benzene rings is 2. The molecule has 3 aromatic rings. The van der Waals surface area contributed by atoms with Crippen molar-refractivity contribution in [3.63, 3.8) is 0 Å². The topological polar surface area (TPSA) is 64.9 Å². The number of thiazole rings is 1. The lowest BCUT2D eigenvalue weighted by molar-refractivity contribution is -0.885. The van der Waals surface area contributed by atoms with E-state index in [0.29, 0.717) is 18.8 Å². The third-order valence-corrected chi connectivity index (χ3v) is 5.13. The summed E-state index contributed by atoms with van der Waals surface area (Å²) in [7, 11) is 5.24. The second-order valence-electron chi connectivity index (χ2n) is 6.46. The molecule has 6 nitrogen and oxygen atoms in total. The molecule has 3 rings (SSSR count). The summed E-state index contributed by atoms with van der Waals surface area (Å²) in [5.74, 6) is 1.50. The number of methoxy groups -OCH3 is 2. The molecule has 2 aromatic carbocycles. The number of carbonyl (C=O) groups excluding carboxylic acids is 1. The molecule has 0 aliphatic heterocycles. The number of hydrogen-bond donors (Lipinski definition) is 2. The average molecular weight is 399 g/mol. The van der Waals surface area contributed by atoms with Crippen LogP contribution in [0.25, 0.3) is 10.6 Å². The minimum atomic E-state index is -0.0450. The quantitative estimate of drug-likeness (QED) is 0.612. The van der Waals surface area contributed by atoms with Crippen molar-refractivity contribution >= 4 is 22.9 Å². The Morgan fingerprint density at radius 1 is 1.11 bits per heavy atom.